The van der Waals surface area contributed by atoms with Crippen LogP contribution < -0.4 is 11.1 Å². The molecule has 0 aliphatic carbocycles. The predicted octanol–water partition coefficient (Wildman–Crippen LogP) is 2.52. The highest BCUT2D eigenvalue weighted by Gasteiger charge is 2.28. The Labute approximate surface area is 135 Å². The van der Waals surface area contributed by atoms with Crippen LogP contribution in [0.4, 0.5) is 0 Å². The van der Waals surface area contributed by atoms with Crippen LogP contribution in [0.3, 0.4) is 0 Å². The van der Waals surface area contributed by atoms with E-state index in [1.54, 1.807) is 10.9 Å². The monoisotopic (exact) mass is 320 g/mol. The number of hydrogen-bond donors (Lipinski definition) is 2. The second-order valence-electron chi connectivity index (χ2n) is 6.35. The van der Waals surface area contributed by atoms with Crippen LogP contribution >= 0.6 is 11.6 Å². The van der Waals surface area contributed by atoms with Crippen molar-refractivity contribution in [3.63, 3.8) is 0 Å². The van der Waals surface area contributed by atoms with Gasteiger partial charge in [0.2, 0.25) is 5.91 Å². The van der Waals surface area contributed by atoms with Gasteiger partial charge in [-0.05, 0) is 29.7 Å². The first kappa shape index (κ1) is 16.5. The molecule has 3 N–H and O–H groups in total. The van der Waals surface area contributed by atoms with E-state index in [0.29, 0.717) is 11.6 Å². The van der Waals surface area contributed by atoms with Crippen molar-refractivity contribution in [2.75, 3.05) is 0 Å². The van der Waals surface area contributed by atoms with Gasteiger partial charge in [-0.25, -0.2) is 4.68 Å². The third-order valence-corrected chi connectivity index (χ3v) is 3.64. The lowest BCUT2D eigenvalue weighted by molar-refractivity contribution is -0.122. The molecule has 0 radical (unpaired) electrons. The van der Waals surface area contributed by atoms with Crippen molar-refractivity contribution in [3.05, 3.63) is 47.2 Å². The minimum absolute atomic E-state index is 0.238. The summed E-state index contributed by atoms with van der Waals surface area (Å²) in [6.07, 6.45) is 3.68. The van der Waals surface area contributed by atoms with Gasteiger partial charge in [0.25, 0.3) is 0 Å². The summed E-state index contributed by atoms with van der Waals surface area (Å²) in [5, 5.41) is 8.21. The first-order valence-corrected chi connectivity index (χ1v) is 7.47. The van der Waals surface area contributed by atoms with Gasteiger partial charge in [-0.15, -0.1) is 0 Å². The Balaban J connectivity index is 2.06. The van der Waals surface area contributed by atoms with Gasteiger partial charge in [-0.2, -0.15) is 5.10 Å². The van der Waals surface area contributed by atoms with Crippen molar-refractivity contribution in [3.8, 4) is 5.69 Å². The lowest BCUT2D eigenvalue weighted by Gasteiger charge is -2.28. The molecule has 0 aliphatic rings. The molecule has 2 aromatic rings. The number of nitrogens with one attached hydrogen (secondary N) is 1. The summed E-state index contributed by atoms with van der Waals surface area (Å²) in [6, 6.07) is 7.03. The van der Waals surface area contributed by atoms with Gasteiger partial charge in [0.05, 0.1) is 17.9 Å². The molecule has 0 spiro atoms. The third-order valence-electron chi connectivity index (χ3n) is 3.39. The van der Waals surface area contributed by atoms with Crippen LogP contribution in [0.2, 0.25) is 5.02 Å². The van der Waals surface area contributed by atoms with E-state index in [4.69, 9.17) is 17.3 Å². The fraction of sp³-hybridized carbons (Fsp3) is 0.375. The molecule has 1 amide bonds. The van der Waals surface area contributed by atoms with Crippen molar-refractivity contribution in [1.29, 1.82) is 0 Å². The zero-order chi connectivity index (χ0) is 16.3. The molecule has 0 saturated heterocycles. The van der Waals surface area contributed by atoms with Crippen LogP contribution in [0.1, 0.15) is 26.3 Å². The van der Waals surface area contributed by atoms with Crippen LogP contribution in [0.25, 0.3) is 5.69 Å². The van der Waals surface area contributed by atoms with Crippen LogP contribution in [0, 0.1) is 5.41 Å². The number of nitrogens with zero attached hydrogens (tertiary/aromatic N) is 2. The number of benzene rings is 1. The molecule has 118 valence electrons. The highest BCUT2D eigenvalue weighted by atomic mass is 35.5. The zero-order valence-electron chi connectivity index (χ0n) is 13.0. The van der Waals surface area contributed by atoms with Crippen molar-refractivity contribution >= 4 is 17.5 Å². The Hall–Kier alpha value is -1.85. The largest absolute Gasteiger partial charge is 0.368 e. The SMILES string of the molecule is CC(C)(C)[C@H](NCc1cnn(-c2ccc(Cl)cc2)c1)C(N)=O. The van der Waals surface area contributed by atoms with Gasteiger partial charge in [0.15, 0.2) is 0 Å². The maximum atomic E-state index is 11.6. The number of primary amides is 1. The van der Waals surface area contributed by atoms with E-state index in [1.807, 2.05) is 51.2 Å². The Morgan fingerprint density at radius 2 is 2.00 bits per heavy atom. The number of aromatic nitrogens is 2. The summed E-state index contributed by atoms with van der Waals surface area (Å²) in [6.45, 7) is 6.46. The molecule has 5 nitrogen and oxygen atoms in total. The minimum atomic E-state index is -0.397. The highest BCUT2D eigenvalue weighted by Crippen LogP contribution is 2.19. The van der Waals surface area contributed by atoms with Crippen molar-refractivity contribution in [1.82, 2.24) is 15.1 Å². The fourth-order valence-electron chi connectivity index (χ4n) is 2.24. The Morgan fingerprint density at radius 1 is 1.36 bits per heavy atom. The molecule has 1 aromatic heterocycles. The van der Waals surface area contributed by atoms with Crippen LogP contribution in [-0.4, -0.2) is 21.7 Å². The van der Waals surface area contributed by atoms with Gasteiger partial charge in [0, 0.05) is 23.3 Å². The third kappa shape index (κ3) is 4.08. The lowest BCUT2D eigenvalue weighted by Crippen LogP contribution is -2.49. The van der Waals surface area contributed by atoms with E-state index in [0.717, 1.165) is 11.3 Å². The van der Waals surface area contributed by atoms with E-state index < -0.39 is 6.04 Å². The zero-order valence-corrected chi connectivity index (χ0v) is 13.8. The smallest absolute Gasteiger partial charge is 0.235 e. The average molecular weight is 321 g/mol. The second-order valence-corrected chi connectivity index (χ2v) is 6.79. The molecule has 22 heavy (non-hydrogen) atoms. The standard InChI is InChI=1S/C16H21ClN4O/c1-16(2,3)14(15(18)22)19-8-11-9-20-21(10-11)13-6-4-12(17)5-7-13/h4-7,9-10,14,19H,8H2,1-3H3,(H2,18,22)/t14-/m1/s1. The molecule has 0 fully saturated rings. The fourth-order valence-corrected chi connectivity index (χ4v) is 2.37. The van der Waals surface area contributed by atoms with Gasteiger partial charge in [-0.1, -0.05) is 32.4 Å². The number of carbonyl (C=O) groups excluding carboxylic acids is 1. The molecular weight excluding hydrogens is 300 g/mol. The first-order valence-electron chi connectivity index (χ1n) is 7.09. The molecular formula is C16H21ClN4O. The number of halogens is 1. The summed E-state index contributed by atoms with van der Waals surface area (Å²) in [4.78, 5) is 11.6. The number of amides is 1. The Kier molecular flexibility index (Phi) is 4.88. The quantitative estimate of drug-likeness (QED) is 0.889. The molecule has 6 heteroatoms. The lowest BCUT2D eigenvalue weighted by atomic mass is 9.86. The van der Waals surface area contributed by atoms with Crippen LogP contribution in [-0.2, 0) is 11.3 Å². The summed E-state index contributed by atoms with van der Waals surface area (Å²) in [5.41, 5.74) is 7.13. The minimum Gasteiger partial charge on any atom is -0.368 e. The van der Waals surface area contributed by atoms with E-state index >= 15 is 0 Å². The Morgan fingerprint density at radius 3 is 2.55 bits per heavy atom. The molecule has 1 heterocycles. The van der Waals surface area contributed by atoms with Crippen LogP contribution in [0.15, 0.2) is 36.7 Å². The van der Waals surface area contributed by atoms with Crippen molar-refractivity contribution in [2.24, 2.45) is 11.1 Å². The molecule has 0 bridgehead atoms. The number of rotatable bonds is 5. The number of hydrogen-bond acceptors (Lipinski definition) is 3. The maximum Gasteiger partial charge on any atom is 0.235 e. The average Bonchev–Trinajstić information content (AvgIpc) is 2.86. The number of nitrogens with two attached hydrogens (primary N) is 1. The second kappa shape index (κ2) is 6.50. The molecule has 0 aliphatic heterocycles. The summed E-state index contributed by atoms with van der Waals surface area (Å²) < 4.78 is 1.77. The van der Waals surface area contributed by atoms with Gasteiger partial charge in [-0.3, -0.25) is 4.79 Å². The van der Waals surface area contributed by atoms with Crippen LogP contribution in [0.5, 0.6) is 0 Å². The van der Waals surface area contributed by atoms with Crippen molar-refractivity contribution in [2.45, 2.75) is 33.4 Å². The molecule has 2 rings (SSSR count). The van der Waals surface area contributed by atoms with Gasteiger partial charge >= 0.3 is 0 Å². The van der Waals surface area contributed by atoms with Gasteiger partial charge in [0.1, 0.15) is 0 Å². The topological polar surface area (TPSA) is 72.9 Å². The molecule has 1 atom stereocenters. The molecule has 1 aromatic carbocycles. The van der Waals surface area contributed by atoms with E-state index in [9.17, 15) is 4.79 Å². The Bertz CT molecular complexity index is 643. The normalized spacial score (nSPS) is 13.1. The number of carbonyl (C=O) groups is 1. The predicted molar refractivity (Wildman–Crippen MR) is 87.9 cm³/mol. The first-order chi connectivity index (χ1) is 10.3. The molecule has 0 unspecified atom stereocenters. The summed E-state index contributed by atoms with van der Waals surface area (Å²) in [5.74, 6) is -0.349. The highest BCUT2D eigenvalue weighted by molar-refractivity contribution is 6.30. The maximum absolute atomic E-state index is 11.6. The van der Waals surface area contributed by atoms with E-state index in [2.05, 4.69) is 10.4 Å². The van der Waals surface area contributed by atoms with Gasteiger partial charge < -0.3 is 11.1 Å². The van der Waals surface area contributed by atoms with E-state index in [-0.39, 0.29) is 11.3 Å². The van der Waals surface area contributed by atoms with Crippen molar-refractivity contribution < 1.29 is 4.79 Å². The summed E-state index contributed by atoms with van der Waals surface area (Å²) in [7, 11) is 0. The van der Waals surface area contributed by atoms with E-state index in [1.165, 1.54) is 0 Å². The summed E-state index contributed by atoms with van der Waals surface area (Å²) >= 11 is 5.88. The molecule has 0 saturated carbocycles.